The van der Waals surface area contributed by atoms with Crippen molar-refractivity contribution >= 4 is 61.3 Å². The van der Waals surface area contributed by atoms with Crippen molar-refractivity contribution in [2.45, 2.75) is 11.8 Å². The Labute approximate surface area is 277 Å². The molecule has 0 aliphatic carbocycles. The zero-order valence-electron chi connectivity index (χ0n) is 25.1. The summed E-state index contributed by atoms with van der Waals surface area (Å²) in [5.74, 6) is -0.468. The van der Waals surface area contributed by atoms with Crippen LogP contribution < -0.4 is 20.7 Å². The predicted octanol–water partition coefficient (Wildman–Crippen LogP) is 6.62. The average Bonchev–Trinajstić information content (AvgIpc) is 3.42. The number of nitrogens with one attached hydrogen (secondary N) is 4. The van der Waals surface area contributed by atoms with E-state index in [2.05, 4.69) is 25.7 Å². The van der Waals surface area contributed by atoms with Crippen LogP contribution in [0.15, 0.2) is 109 Å². The van der Waals surface area contributed by atoms with Crippen LogP contribution in [0.2, 0.25) is 4.34 Å². The minimum atomic E-state index is -3.42. The highest BCUT2D eigenvalue weighted by atomic mass is 35.5. The van der Waals surface area contributed by atoms with Gasteiger partial charge in [-0.15, -0.1) is 0 Å². The summed E-state index contributed by atoms with van der Waals surface area (Å²) in [6.45, 7) is 0.409. The van der Waals surface area contributed by atoms with Crippen LogP contribution >= 0.6 is 22.9 Å². The highest BCUT2D eigenvalue weighted by molar-refractivity contribution is 7.92. The number of anilines is 3. The number of amides is 2. The Bertz CT molecular complexity index is 1890. The lowest BCUT2D eigenvalue weighted by atomic mass is 9.71. The Morgan fingerprint density at radius 1 is 0.848 bits per heavy atom. The van der Waals surface area contributed by atoms with Gasteiger partial charge in [0.25, 0.3) is 5.91 Å². The molecule has 5 rings (SSSR count). The van der Waals surface area contributed by atoms with Crippen molar-refractivity contribution in [1.29, 1.82) is 0 Å². The third-order valence-corrected chi connectivity index (χ3v) is 9.15. The molecule has 0 unspecified atom stereocenters. The Kier molecular flexibility index (Phi) is 10.1. The maximum Gasteiger partial charge on any atom is 0.251 e. The third kappa shape index (κ3) is 7.56. The van der Waals surface area contributed by atoms with Gasteiger partial charge < -0.3 is 16.0 Å². The number of hydrogen-bond acceptors (Lipinski definition) is 7. The van der Waals surface area contributed by atoms with Crippen LogP contribution in [-0.4, -0.2) is 45.1 Å². The Morgan fingerprint density at radius 2 is 1.48 bits per heavy atom. The van der Waals surface area contributed by atoms with Gasteiger partial charge in [0.15, 0.2) is 5.13 Å². The molecule has 5 aromatic rings. The smallest absolute Gasteiger partial charge is 0.251 e. The Morgan fingerprint density at radius 3 is 2.07 bits per heavy atom. The van der Waals surface area contributed by atoms with Crippen molar-refractivity contribution < 1.29 is 18.0 Å². The van der Waals surface area contributed by atoms with Crippen LogP contribution in [0.5, 0.6) is 0 Å². The minimum absolute atomic E-state index is 0.186. The molecule has 1 aromatic heterocycles. The van der Waals surface area contributed by atoms with Crippen molar-refractivity contribution in [3.8, 4) is 11.3 Å². The van der Waals surface area contributed by atoms with Gasteiger partial charge in [0.05, 0.1) is 6.26 Å². The summed E-state index contributed by atoms with van der Waals surface area (Å²) in [4.78, 5) is 31.4. The first kappa shape index (κ1) is 32.7. The van der Waals surface area contributed by atoms with Crippen molar-refractivity contribution in [3.05, 3.63) is 130 Å². The van der Waals surface area contributed by atoms with Crippen LogP contribution in [-0.2, 0) is 20.2 Å². The SMILES string of the molecule is CNC(=O)c1cccc(NCCC(C(=O)Nc2nc(-c3ccc(NS(C)(=O)=O)cc3)c(Cl)s2)(c2ccccc2)c2ccccc2)c1. The van der Waals surface area contributed by atoms with Crippen molar-refractivity contribution in [1.82, 2.24) is 10.3 Å². The van der Waals surface area contributed by atoms with E-state index < -0.39 is 15.4 Å². The second-order valence-corrected chi connectivity index (χ2v) is 13.9. The minimum Gasteiger partial charge on any atom is -0.385 e. The quantitative estimate of drug-likeness (QED) is 0.118. The first-order valence-electron chi connectivity index (χ1n) is 14.3. The molecule has 4 N–H and O–H groups in total. The fourth-order valence-electron chi connectivity index (χ4n) is 5.23. The third-order valence-electron chi connectivity index (χ3n) is 7.37. The molecule has 12 heteroatoms. The standard InChI is InChI=1S/C34H32ClN5O4S2/c1-36-31(41)24-10-9-15-28(22-24)37-21-20-34(25-11-5-3-6-12-25,26-13-7-4-8-14-26)32(42)39-33-38-29(30(35)45-33)23-16-18-27(19-17-23)40-46(2,43)44/h3-19,22,37,40H,20-21H2,1-2H3,(H,36,41)(H,38,39,42). The summed E-state index contributed by atoms with van der Waals surface area (Å²) < 4.78 is 26.0. The number of carbonyl (C=O) groups excluding carboxylic acids is 2. The number of nitrogens with zero attached hydrogens (tertiary/aromatic N) is 1. The normalized spacial score (nSPS) is 11.5. The van der Waals surface area contributed by atoms with Crippen molar-refractivity contribution in [3.63, 3.8) is 0 Å². The zero-order valence-corrected chi connectivity index (χ0v) is 27.5. The molecule has 0 aliphatic heterocycles. The fraction of sp³-hybridized carbons (Fsp3) is 0.147. The van der Waals surface area contributed by atoms with E-state index in [0.717, 1.165) is 34.4 Å². The highest BCUT2D eigenvalue weighted by Crippen LogP contribution is 2.40. The van der Waals surface area contributed by atoms with Gasteiger partial charge in [-0.25, -0.2) is 13.4 Å². The molecule has 0 atom stereocenters. The molecule has 9 nitrogen and oxygen atoms in total. The van der Waals surface area contributed by atoms with Gasteiger partial charge >= 0.3 is 0 Å². The van der Waals surface area contributed by atoms with Gasteiger partial charge in [-0.3, -0.25) is 14.3 Å². The molecule has 0 bridgehead atoms. The molecule has 46 heavy (non-hydrogen) atoms. The highest BCUT2D eigenvalue weighted by Gasteiger charge is 2.42. The van der Waals surface area contributed by atoms with E-state index in [9.17, 15) is 18.0 Å². The zero-order chi connectivity index (χ0) is 32.7. The lowest BCUT2D eigenvalue weighted by Crippen LogP contribution is -2.43. The van der Waals surface area contributed by atoms with E-state index in [1.807, 2.05) is 66.7 Å². The number of thiazole rings is 1. The van der Waals surface area contributed by atoms with Crippen LogP contribution in [0.25, 0.3) is 11.3 Å². The average molecular weight is 674 g/mol. The van der Waals surface area contributed by atoms with E-state index in [4.69, 9.17) is 11.6 Å². The first-order chi connectivity index (χ1) is 22.1. The molecule has 0 radical (unpaired) electrons. The number of carbonyl (C=O) groups is 2. The largest absolute Gasteiger partial charge is 0.385 e. The number of benzene rings is 4. The van der Waals surface area contributed by atoms with E-state index >= 15 is 0 Å². The molecular weight excluding hydrogens is 642 g/mol. The van der Waals surface area contributed by atoms with E-state index in [1.54, 1.807) is 49.5 Å². The molecule has 0 saturated carbocycles. The van der Waals surface area contributed by atoms with Crippen molar-refractivity contribution in [2.24, 2.45) is 0 Å². The Balaban J connectivity index is 1.46. The molecule has 0 fully saturated rings. The van der Waals surface area contributed by atoms with Crippen molar-refractivity contribution in [2.75, 3.05) is 35.2 Å². The van der Waals surface area contributed by atoms with Gasteiger partial charge in [-0.1, -0.05) is 102 Å². The molecule has 0 saturated heterocycles. The second-order valence-electron chi connectivity index (χ2n) is 10.5. The summed E-state index contributed by atoms with van der Waals surface area (Å²) in [5.41, 5.74) is 3.32. The number of rotatable bonds is 12. The number of sulfonamides is 1. The predicted molar refractivity (Wildman–Crippen MR) is 186 cm³/mol. The molecular formula is C34H32ClN5O4S2. The van der Waals surface area contributed by atoms with Gasteiger partial charge in [0, 0.05) is 36.1 Å². The summed E-state index contributed by atoms with van der Waals surface area (Å²) >= 11 is 7.75. The maximum atomic E-state index is 14.6. The molecule has 4 aromatic carbocycles. The lowest BCUT2D eigenvalue weighted by molar-refractivity contribution is -0.120. The van der Waals surface area contributed by atoms with Gasteiger partial charge in [-0.2, -0.15) is 0 Å². The maximum absolute atomic E-state index is 14.6. The molecule has 2 amide bonds. The summed E-state index contributed by atoms with van der Waals surface area (Å²) in [7, 11) is -1.83. The number of hydrogen-bond donors (Lipinski definition) is 4. The topological polar surface area (TPSA) is 129 Å². The molecule has 0 aliphatic rings. The van der Waals surface area contributed by atoms with E-state index in [0.29, 0.717) is 44.9 Å². The van der Waals surface area contributed by atoms with Gasteiger partial charge in [0.1, 0.15) is 15.4 Å². The van der Waals surface area contributed by atoms with Crippen LogP contribution in [0.3, 0.4) is 0 Å². The summed E-state index contributed by atoms with van der Waals surface area (Å²) in [6, 6.07) is 33.0. The van der Waals surface area contributed by atoms with E-state index in [-0.39, 0.29) is 11.8 Å². The Hall–Kier alpha value is -4.71. The summed E-state index contributed by atoms with van der Waals surface area (Å²) in [5, 5.41) is 9.40. The van der Waals surface area contributed by atoms with Crippen LogP contribution in [0, 0.1) is 0 Å². The fourth-order valence-corrected chi connectivity index (χ4v) is 6.88. The molecule has 1 heterocycles. The lowest BCUT2D eigenvalue weighted by Gasteiger charge is -2.34. The van der Waals surface area contributed by atoms with Gasteiger partial charge in [-0.05, 0) is 47.9 Å². The monoisotopic (exact) mass is 673 g/mol. The summed E-state index contributed by atoms with van der Waals surface area (Å²) in [6.07, 6.45) is 1.46. The van der Waals surface area contributed by atoms with E-state index in [1.165, 1.54) is 0 Å². The van der Waals surface area contributed by atoms with Gasteiger partial charge in [0.2, 0.25) is 15.9 Å². The van der Waals surface area contributed by atoms with Crippen LogP contribution in [0.1, 0.15) is 27.9 Å². The number of aromatic nitrogens is 1. The van der Waals surface area contributed by atoms with Crippen LogP contribution in [0.4, 0.5) is 16.5 Å². The first-order valence-corrected chi connectivity index (χ1v) is 17.4. The number of halogens is 1. The second kappa shape index (κ2) is 14.2. The molecule has 236 valence electrons. The molecule has 0 spiro atoms.